The second-order valence-corrected chi connectivity index (χ2v) is 3.19. The van der Waals surface area contributed by atoms with Gasteiger partial charge in [-0.25, -0.2) is 9.59 Å². The van der Waals surface area contributed by atoms with Crippen molar-refractivity contribution in [2.24, 2.45) is 0 Å². The van der Waals surface area contributed by atoms with Crippen molar-refractivity contribution in [2.45, 2.75) is 13.5 Å². The highest BCUT2D eigenvalue weighted by molar-refractivity contribution is 5.86. The fourth-order valence-corrected chi connectivity index (χ4v) is 1.02. The Hall–Kier alpha value is -2.11. The Kier molecular flexibility index (Phi) is 3.82. The Labute approximate surface area is 91.2 Å². The number of aromatic amines is 1. The van der Waals surface area contributed by atoms with Gasteiger partial charge in [0.1, 0.15) is 6.61 Å². The molecule has 0 aromatic carbocycles. The van der Waals surface area contributed by atoms with Crippen LogP contribution in [0.1, 0.15) is 6.92 Å². The number of carbonyl (C=O) groups is 1. The van der Waals surface area contributed by atoms with Gasteiger partial charge in [0, 0.05) is 17.8 Å². The zero-order valence-corrected chi connectivity index (χ0v) is 8.86. The molecule has 0 bridgehead atoms. The minimum atomic E-state index is -0.541. The van der Waals surface area contributed by atoms with E-state index in [1.165, 1.54) is 19.2 Å². The Morgan fingerprint density at radius 3 is 2.81 bits per heavy atom. The molecule has 1 aromatic heterocycles. The lowest BCUT2D eigenvalue weighted by Gasteiger charge is -2.05. The Balaban J connectivity index is 2.63. The molecule has 1 N–H and O–H groups in total. The first-order valence-electron chi connectivity index (χ1n) is 4.63. The molecular weight excluding hydrogens is 212 g/mol. The Morgan fingerprint density at radius 2 is 2.25 bits per heavy atom. The van der Waals surface area contributed by atoms with E-state index in [-0.39, 0.29) is 18.7 Å². The number of nitrogens with zero attached hydrogens (tertiary/aromatic N) is 1. The fourth-order valence-electron chi connectivity index (χ4n) is 1.02. The van der Waals surface area contributed by atoms with Gasteiger partial charge in [-0.3, -0.25) is 9.36 Å². The summed E-state index contributed by atoms with van der Waals surface area (Å²) in [6, 6.07) is 1.22. The standard InChI is InChI=1S/C10H12N2O4/c1-7(2)9(14)16-6-5-12-8(13)3-4-11-10(12)15/h3-4H,1,5-6H2,2H3,(H,11,15). The summed E-state index contributed by atoms with van der Waals surface area (Å²) >= 11 is 0. The van der Waals surface area contributed by atoms with Crippen molar-refractivity contribution in [3.8, 4) is 0 Å². The predicted molar refractivity (Wildman–Crippen MR) is 57.1 cm³/mol. The number of aromatic nitrogens is 2. The average Bonchev–Trinajstić information content (AvgIpc) is 2.22. The SMILES string of the molecule is C=C(C)C(=O)OCCn1c(=O)cc[nH]c1=O. The number of hydrogen-bond donors (Lipinski definition) is 1. The molecule has 0 fully saturated rings. The lowest BCUT2D eigenvalue weighted by Crippen LogP contribution is -2.35. The van der Waals surface area contributed by atoms with Crippen molar-refractivity contribution in [2.75, 3.05) is 6.61 Å². The summed E-state index contributed by atoms with van der Waals surface area (Å²) in [4.78, 5) is 35.8. The quantitative estimate of drug-likeness (QED) is 0.560. The third kappa shape index (κ3) is 2.94. The third-order valence-electron chi connectivity index (χ3n) is 1.84. The number of H-pyrrole nitrogens is 1. The molecule has 0 radical (unpaired) electrons. The van der Waals surface area contributed by atoms with Crippen LogP contribution in [0.2, 0.25) is 0 Å². The van der Waals surface area contributed by atoms with Crippen LogP contribution in [0.4, 0.5) is 0 Å². The number of carbonyl (C=O) groups excluding carboxylic acids is 1. The van der Waals surface area contributed by atoms with E-state index in [0.29, 0.717) is 0 Å². The summed E-state index contributed by atoms with van der Waals surface area (Å²) in [6.45, 7) is 4.90. The van der Waals surface area contributed by atoms with Crippen LogP contribution in [-0.2, 0) is 16.1 Å². The molecule has 6 heteroatoms. The van der Waals surface area contributed by atoms with Gasteiger partial charge < -0.3 is 9.72 Å². The number of hydrogen-bond acceptors (Lipinski definition) is 4. The second kappa shape index (κ2) is 5.11. The van der Waals surface area contributed by atoms with E-state index in [9.17, 15) is 14.4 Å². The zero-order valence-electron chi connectivity index (χ0n) is 8.86. The summed E-state index contributed by atoms with van der Waals surface area (Å²) in [6.07, 6.45) is 1.26. The molecule has 0 saturated carbocycles. The minimum Gasteiger partial charge on any atom is -0.460 e. The molecule has 0 saturated heterocycles. The number of ether oxygens (including phenoxy) is 1. The van der Waals surface area contributed by atoms with E-state index in [1.807, 2.05) is 0 Å². The smallest absolute Gasteiger partial charge is 0.333 e. The summed E-state index contributed by atoms with van der Waals surface area (Å²) in [5.41, 5.74) is -0.691. The fraction of sp³-hybridized carbons (Fsp3) is 0.300. The number of esters is 1. The molecule has 0 aliphatic carbocycles. The third-order valence-corrected chi connectivity index (χ3v) is 1.84. The summed E-state index contributed by atoms with van der Waals surface area (Å²) in [5.74, 6) is -0.541. The van der Waals surface area contributed by atoms with Gasteiger partial charge in [-0.1, -0.05) is 6.58 Å². The molecule has 0 spiro atoms. The predicted octanol–water partition coefficient (Wildman–Crippen LogP) is -0.344. The van der Waals surface area contributed by atoms with Crippen LogP contribution in [0, 0.1) is 0 Å². The molecule has 0 atom stereocenters. The molecule has 0 unspecified atom stereocenters. The van der Waals surface area contributed by atoms with Crippen molar-refractivity contribution in [3.63, 3.8) is 0 Å². The van der Waals surface area contributed by atoms with Crippen molar-refractivity contribution >= 4 is 5.97 Å². The maximum Gasteiger partial charge on any atom is 0.333 e. The average molecular weight is 224 g/mol. The Morgan fingerprint density at radius 1 is 1.56 bits per heavy atom. The van der Waals surface area contributed by atoms with Crippen molar-refractivity contribution in [3.05, 3.63) is 45.3 Å². The van der Waals surface area contributed by atoms with Gasteiger partial charge in [-0.05, 0) is 6.92 Å². The van der Waals surface area contributed by atoms with E-state index >= 15 is 0 Å². The van der Waals surface area contributed by atoms with Gasteiger partial charge in [-0.15, -0.1) is 0 Å². The maximum atomic E-state index is 11.2. The monoisotopic (exact) mass is 224 g/mol. The van der Waals surface area contributed by atoms with Gasteiger partial charge in [0.2, 0.25) is 0 Å². The van der Waals surface area contributed by atoms with Crippen LogP contribution in [0.25, 0.3) is 0 Å². The topological polar surface area (TPSA) is 81.2 Å². The van der Waals surface area contributed by atoms with Crippen LogP contribution in [-0.4, -0.2) is 22.1 Å². The summed E-state index contributed by atoms with van der Waals surface area (Å²) in [5, 5.41) is 0. The van der Waals surface area contributed by atoms with Crippen LogP contribution >= 0.6 is 0 Å². The zero-order chi connectivity index (χ0) is 12.1. The molecule has 16 heavy (non-hydrogen) atoms. The van der Waals surface area contributed by atoms with Crippen molar-refractivity contribution in [1.82, 2.24) is 9.55 Å². The van der Waals surface area contributed by atoms with Crippen molar-refractivity contribution < 1.29 is 9.53 Å². The highest BCUT2D eigenvalue weighted by Gasteiger charge is 2.04. The van der Waals surface area contributed by atoms with E-state index in [4.69, 9.17) is 4.74 Å². The second-order valence-electron chi connectivity index (χ2n) is 3.19. The summed E-state index contributed by atoms with van der Waals surface area (Å²) < 4.78 is 5.72. The molecule has 86 valence electrons. The first kappa shape index (κ1) is 12.0. The van der Waals surface area contributed by atoms with Gasteiger partial charge in [0.15, 0.2) is 0 Å². The van der Waals surface area contributed by atoms with E-state index in [2.05, 4.69) is 11.6 Å². The van der Waals surface area contributed by atoms with Crippen molar-refractivity contribution in [1.29, 1.82) is 0 Å². The highest BCUT2D eigenvalue weighted by Crippen LogP contribution is 1.91. The lowest BCUT2D eigenvalue weighted by molar-refractivity contribution is -0.139. The van der Waals surface area contributed by atoms with Gasteiger partial charge in [0.25, 0.3) is 5.56 Å². The molecular formula is C10H12N2O4. The normalized spacial score (nSPS) is 9.81. The van der Waals surface area contributed by atoms with E-state index < -0.39 is 17.2 Å². The van der Waals surface area contributed by atoms with Crippen LogP contribution in [0.5, 0.6) is 0 Å². The van der Waals surface area contributed by atoms with E-state index in [0.717, 1.165) is 4.57 Å². The van der Waals surface area contributed by atoms with E-state index in [1.54, 1.807) is 0 Å². The van der Waals surface area contributed by atoms with Gasteiger partial charge in [0.05, 0.1) is 6.54 Å². The maximum absolute atomic E-state index is 11.2. The molecule has 1 aromatic rings. The van der Waals surface area contributed by atoms with Crippen LogP contribution in [0.15, 0.2) is 34.0 Å². The van der Waals surface area contributed by atoms with Gasteiger partial charge >= 0.3 is 11.7 Å². The lowest BCUT2D eigenvalue weighted by atomic mass is 10.4. The first-order valence-corrected chi connectivity index (χ1v) is 4.63. The summed E-state index contributed by atoms with van der Waals surface area (Å²) in [7, 11) is 0. The largest absolute Gasteiger partial charge is 0.460 e. The Bertz CT molecular complexity index is 484. The highest BCUT2D eigenvalue weighted by atomic mass is 16.5. The molecule has 1 rings (SSSR count). The molecule has 6 nitrogen and oxygen atoms in total. The van der Waals surface area contributed by atoms with Crippen LogP contribution < -0.4 is 11.2 Å². The van der Waals surface area contributed by atoms with Gasteiger partial charge in [-0.2, -0.15) is 0 Å². The van der Waals surface area contributed by atoms with Crippen LogP contribution in [0.3, 0.4) is 0 Å². The number of nitrogens with one attached hydrogen (secondary N) is 1. The molecule has 0 amide bonds. The molecule has 1 heterocycles. The number of rotatable bonds is 4. The molecule has 0 aliphatic rings. The first-order chi connectivity index (χ1) is 7.52. The molecule has 0 aliphatic heterocycles. The minimum absolute atomic E-state index is 0.0219.